The first-order valence-electron chi connectivity index (χ1n) is 8.34. The van der Waals surface area contributed by atoms with E-state index in [1.807, 2.05) is 60.7 Å². The van der Waals surface area contributed by atoms with E-state index >= 15 is 0 Å². The Balaban J connectivity index is 2.10. The van der Waals surface area contributed by atoms with E-state index in [-0.39, 0.29) is 0 Å². The second kappa shape index (κ2) is 6.84. The molecule has 0 radical (unpaired) electrons. The molecule has 2 aromatic heterocycles. The third kappa shape index (κ3) is 2.65. The third-order valence-corrected chi connectivity index (χ3v) is 4.41. The highest BCUT2D eigenvalue weighted by atomic mass is 16.5. The van der Waals surface area contributed by atoms with Gasteiger partial charge in [-0.15, -0.1) is 0 Å². The van der Waals surface area contributed by atoms with Gasteiger partial charge in [0.05, 0.1) is 36.7 Å². The van der Waals surface area contributed by atoms with Crippen LogP contribution in [0, 0.1) is 0 Å². The topological polar surface area (TPSA) is 44.2 Å². The normalized spacial score (nSPS) is 10.7. The summed E-state index contributed by atoms with van der Waals surface area (Å²) in [4.78, 5) is 9.05. The first kappa shape index (κ1) is 16.1. The Kier molecular flexibility index (Phi) is 4.23. The lowest BCUT2D eigenvalue weighted by Crippen LogP contribution is -1.95. The number of hydrogen-bond acceptors (Lipinski definition) is 4. The highest BCUT2D eigenvalue weighted by Gasteiger charge is 2.17. The lowest BCUT2D eigenvalue weighted by Gasteiger charge is -2.16. The van der Waals surface area contributed by atoms with Gasteiger partial charge in [0.25, 0.3) is 0 Å². The summed E-state index contributed by atoms with van der Waals surface area (Å²) in [7, 11) is 3.35. The van der Waals surface area contributed by atoms with Crippen LogP contribution in [-0.2, 0) is 0 Å². The minimum Gasteiger partial charge on any atom is -0.496 e. The summed E-state index contributed by atoms with van der Waals surface area (Å²) in [5, 5.41) is 2.09. The minimum absolute atomic E-state index is 0.785. The standard InChI is InChI=1S/C22H18N2O2/c1-25-19-11-9-16-15(21(19)17-7-3-5-13-23-17)10-12-20(26-2)22(16)18-8-4-6-14-24-18/h3-14H,1-2H3. The molecule has 0 saturated heterocycles. The van der Waals surface area contributed by atoms with Crippen molar-refractivity contribution in [3.63, 3.8) is 0 Å². The van der Waals surface area contributed by atoms with E-state index in [0.717, 1.165) is 44.8 Å². The predicted molar refractivity (Wildman–Crippen MR) is 104 cm³/mol. The maximum atomic E-state index is 5.62. The van der Waals surface area contributed by atoms with Crippen LogP contribution in [0.5, 0.6) is 11.5 Å². The van der Waals surface area contributed by atoms with E-state index in [0.29, 0.717) is 0 Å². The number of fused-ring (bicyclic) bond motifs is 1. The third-order valence-electron chi connectivity index (χ3n) is 4.41. The van der Waals surface area contributed by atoms with Crippen LogP contribution >= 0.6 is 0 Å². The molecule has 4 rings (SSSR count). The first-order chi connectivity index (χ1) is 12.8. The van der Waals surface area contributed by atoms with Crippen LogP contribution in [0.25, 0.3) is 33.3 Å². The van der Waals surface area contributed by atoms with Crippen molar-refractivity contribution in [2.45, 2.75) is 0 Å². The zero-order chi connectivity index (χ0) is 17.9. The molecule has 4 heteroatoms. The fourth-order valence-electron chi connectivity index (χ4n) is 3.26. The average Bonchev–Trinajstić information content (AvgIpc) is 2.73. The van der Waals surface area contributed by atoms with Gasteiger partial charge >= 0.3 is 0 Å². The van der Waals surface area contributed by atoms with Gasteiger partial charge in [-0.2, -0.15) is 0 Å². The van der Waals surface area contributed by atoms with Gasteiger partial charge in [0.2, 0.25) is 0 Å². The average molecular weight is 342 g/mol. The smallest absolute Gasteiger partial charge is 0.128 e. The minimum atomic E-state index is 0.785. The molecule has 0 bridgehead atoms. The van der Waals surface area contributed by atoms with Crippen molar-refractivity contribution in [1.82, 2.24) is 9.97 Å². The lowest BCUT2D eigenvalue weighted by atomic mass is 9.94. The van der Waals surface area contributed by atoms with Crippen LogP contribution in [0.3, 0.4) is 0 Å². The van der Waals surface area contributed by atoms with E-state index in [2.05, 4.69) is 9.97 Å². The van der Waals surface area contributed by atoms with Gasteiger partial charge in [-0.3, -0.25) is 9.97 Å². The second-order valence-corrected chi connectivity index (χ2v) is 5.81. The zero-order valence-electron chi connectivity index (χ0n) is 14.6. The Morgan fingerprint density at radius 3 is 1.38 bits per heavy atom. The highest BCUT2D eigenvalue weighted by molar-refractivity contribution is 6.07. The monoisotopic (exact) mass is 342 g/mol. The first-order valence-corrected chi connectivity index (χ1v) is 8.34. The highest BCUT2D eigenvalue weighted by Crippen LogP contribution is 2.42. The Bertz CT molecular complexity index is 961. The molecular formula is C22H18N2O2. The van der Waals surface area contributed by atoms with Gasteiger partial charge in [-0.1, -0.05) is 12.1 Å². The molecule has 0 fully saturated rings. The molecule has 0 spiro atoms. The fourth-order valence-corrected chi connectivity index (χ4v) is 3.26. The van der Waals surface area contributed by atoms with Crippen LogP contribution in [0.4, 0.5) is 0 Å². The number of methoxy groups -OCH3 is 2. The van der Waals surface area contributed by atoms with Crippen LogP contribution < -0.4 is 9.47 Å². The molecule has 0 saturated carbocycles. The van der Waals surface area contributed by atoms with Crippen LogP contribution in [0.2, 0.25) is 0 Å². The number of pyridine rings is 2. The number of nitrogens with zero attached hydrogens (tertiary/aromatic N) is 2. The summed E-state index contributed by atoms with van der Waals surface area (Å²) < 4.78 is 11.2. The van der Waals surface area contributed by atoms with Crippen molar-refractivity contribution in [3.8, 4) is 34.0 Å². The molecular weight excluding hydrogens is 324 g/mol. The second-order valence-electron chi connectivity index (χ2n) is 5.81. The SMILES string of the molecule is COc1ccc2c(-c3ccccn3)c(OC)ccc2c1-c1ccccn1. The molecule has 0 aliphatic carbocycles. The molecule has 4 aromatic rings. The number of benzene rings is 2. The summed E-state index contributed by atoms with van der Waals surface area (Å²) >= 11 is 0. The predicted octanol–water partition coefficient (Wildman–Crippen LogP) is 4.98. The van der Waals surface area contributed by atoms with Gasteiger partial charge in [0, 0.05) is 12.4 Å². The molecule has 128 valence electrons. The van der Waals surface area contributed by atoms with E-state index < -0.39 is 0 Å². The summed E-state index contributed by atoms with van der Waals surface area (Å²) in [5.74, 6) is 1.57. The number of aromatic nitrogens is 2. The molecule has 0 aliphatic rings. The van der Waals surface area contributed by atoms with Crippen molar-refractivity contribution in [2.24, 2.45) is 0 Å². The van der Waals surface area contributed by atoms with Crippen LogP contribution in [0.1, 0.15) is 0 Å². The van der Waals surface area contributed by atoms with Crippen molar-refractivity contribution in [2.75, 3.05) is 14.2 Å². The molecule has 0 aliphatic heterocycles. The van der Waals surface area contributed by atoms with Crippen molar-refractivity contribution in [3.05, 3.63) is 73.1 Å². The molecule has 0 atom stereocenters. The Labute approximate surface area is 152 Å². The van der Waals surface area contributed by atoms with Gasteiger partial charge in [-0.05, 0) is 59.3 Å². The lowest BCUT2D eigenvalue weighted by molar-refractivity contribution is 0.415. The van der Waals surface area contributed by atoms with E-state index in [1.165, 1.54) is 0 Å². The summed E-state index contributed by atoms with van der Waals surface area (Å²) in [6.45, 7) is 0. The van der Waals surface area contributed by atoms with E-state index in [4.69, 9.17) is 9.47 Å². The molecule has 0 N–H and O–H groups in total. The zero-order valence-corrected chi connectivity index (χ0v) is 14.6. The largest absolute Gasteiger partial charge is 0.496 e. The maximum absolute atomic E-state index is 5.62. The summed E-state index contributed by atoms with van der Waals surface area (Å²) in [6.07, 6.45) is 3.58. The van der Waals surface area contributed by atoms with E-state index in [9.17, 15) is 0 Å². The van der Waals surface area contributed by atoms with Crippen LogP contribution in [-0.4, -0.2) is 24.2 Å². The number of hydrogen-bond donors (Lipinski definition) is 0. The van der Waals surface area contributed by atoms with Crippen molar-refractivity contribution >= 4 is 10.8 Å². The summed E-state index contributed by atoms with van der Waals surface area (Å²) in [6, 6.07) is 19.8. The maximum Gasteiger partial charge on any atom is 0.128 e. The summed E-state index contributed by atoms with van der Waals surface area (Å²) in [5.41, 5.74) is 3.66. The molecule has 2 heterocycles. The van der Waals surface area contributed by atoms with Gasteiger partial charge in [0.1, 0.15) is 11.5 Å². The Morgan fingerprint density at radius 1 is 0.577 bits per heavy atom. The number of rotatable bonds is 4. The van der Waals surface area contributed by atoms with Crippen molar-refractivity contribution < 1.29 is 9.47 Å². The molecule has 4 nitrogen and oxygen atoms in total. The number of ether oxygens (including phenoxy) is 2. The van der Waals surface area contributed by atoms with E-state index in [1.54, 1.807) is 26.6 Å². The van der Waals surface area contributed by atoms with Crippen molar-refractivity contribution in [1.29, 1.82) is 0 Å². The van der Waals surface area contributed by atoms with Gasteiger partial charge in [-0.25, -0.2) is 0 Å². The molecule has 0 unspecified atom stereocenters. The van der Waals surface area contributed by atoms with Gasteiger partial charge < -0.3 is 9.47 Å². The van der Waals surface area contributed by atoms with Gasteiger partial charge in [0.15, 0.2) is 0 Å². The molecule has 0 amide bonds. The van der Waals surface area contributed by atoms with Crippen LogP contribution in [0.15, 0.2) is 73.1 Å². The molecule has 2 aromatic carbocycles. The molecule has 26 heavy (non-hydrogen) atoms. The Hall–Kier alpha value is -3.40. The fraction of sp³-hybridized carbons (Fsp3) is 0.0909. The quantitative estimate of drug-likeness (QED) is 0.524. The Morgan fingerprint density at radius 2 is 1.04 bits per heavy atom.